The third kappa shape index (κ3) is 3.78. The summed E-state index contributed by atoms with van der Waals surface area (Å²) in [5.41, 5.74) is 0.756. The second-order valence-corrected chi connectivity index (χ2v) is 7.05. The number of furan rings is 1. The van der Waals surface area contributed by atoms with E-state index in [-0.39, 0.29) is 5.91 Å². The van der Waals surface area contributed by atoms with Gasteiger partial charge in [-0.2, -0.15) is 0 Å². The van der Waals surface area contributed by atoms with Crippen molar-refractivity contribution in [3.05, 3.63) is 60.1 Å². The van der Waals surface area contributed by atoms with E-state index in [2.05, 4.69) is 10.3 Å². The molecule has 2 aliphatic rings. The minimum absolute atomic E-state index is 0.165. The van der Waals surface area contributed by atoms with Gasteiger partial charge in [0.15, 0.2) is 11.7 Å². The number of carbonyl (C=O) groups excluding carboxylic acids is 3. The molecule has 2 atom stereocenters. The first-order valence-corrected chi connectivity index (χ1v) is 9.67. The number of amides is 2. The number of nitrogens with one attached hydrogen (secondary N) is 1. The molecule has 0 saturated carbocycles. The molecule has 1 saturated heterocycles. The Labute approximate surface area is 173 Å². The van der Waals surface area contributed by atoms with E-state index >= 15 is 0 Å². The van der Waals surface area contributed by atoms with Gasteiger partial charge in [0.1, 0.15) is 6.04 Å². The number of aliphatic imine (C=N–C) groups is 1. The Morgan fingerprint density at radius 2 is 1.83 bits per heavy atom. The van der Waals surface area contributed by atoms with Crippen molar-refractivity contribution in [1.82, 2.24) is 15.1 Å². The third-order valence-electron chi connectivity index (χ3n) is 5.29. The molecule has 2 amide bonds. The summed E-state index contributed by atoms with van der Waals surface area (Å²) in [7, 11) is 1.26. The molecule has 0 aliphatic carbocycles. The van der Waals surface area contributed by atoms with Crippen LogP contribution in [0.5, 0.6) is 0 Å². The Kier molecular flexibility index (Phi) is 5.51. The maximum absolute atomic E-state index is 12.8. The zero-order valence-corrected chi connectivity index (χ0v) is 16.5. The molecule has 30 heavy (non-hydrogen) atoms. The molecule has 0 spiro atoms. The predicted octanol–water partition coefficient (Wildman–Crippen LogP) is 1.05. The van der Waals surface area contributed by atoms with Crippen LogP contribution in [0.4, 0.5) is 0 Å². The number of nitrogens with zero attached hydrogens (tertiary/aromatic N) is 3. The largest absolute Gasteiger partial charge is 0.468 e. The number of piperazine rings is 1. The van der Waals surface area contributed by atoms with Crippen LogP contribution < -0.4 is 5.32 Å². The number of hydrogen-bond donors (Lipinski definition) is 1. The summed E-state index contributed by atoms with van der Waals surface area (Å²) < 4.78 is 10.0. The maximum atomic E-state index is 12.8. The SMILES string of the molecule is COC(=O)[C@@H]1C(=O)NC(N2CCN(C(=O)c3ccco3)CC2)=N[C@H]1c1ccccc1. The number of rotatable bonds is 3. The van der Waals surface area contributed by atoms with Crippen LogP contribution in [0.2, 0.25) is 0 Å². The second kappa shape index (κ2) is 8.40. The zero-order valence-electron chi connectivity index (χ0n) is 16.5. The van der Waals surface area contributed by atoms with Gasteiger partial charge in [0.2, 0.25) is 11.9 Å². The molecular formula is C21H22N4O5. The smallest absolute Gasteiger partial charge is 0.320 e. The average molecular weight is 410 g/mol. The summed E-state index contributed by atoms with van der Waals surface area (Å²) in [5.74, 6) is -1.59. The van der Waals surface area contributed by atoms with Gasteiger partial charge in [-0.05, 0) is 17.7 Å². The number of hydrogen-bond acceptors (Lipinski definition) is 7. The first-order chi connectivity index (χ1) is 14.6. The van der Waals surface area contributed by atoms with Crippen molar-refractivity contribution in [3.63, 3.8) is 0 Å². The first kappa shape index (κ1) is 19.7. The van der Waals surface area contributed by atoms with Crippen molar-refractivity contribution in [3.8, 4) is 0 Å². The standard InChI is InChI=1S/C21H22N4O5/c1-29-20(28)16-17(14-6-3-2-4-7-14)22-21(23-18(16)26)25-11-9-24(10-12-25)19(27)15-8-5-13-30-15/h2-8,13,16-17H,9-12H2,1H3,(H,22,23,26)/t16-,17-/m0/s1. The van der Waals surface area contributed by atoms with Gasteiger partial charge in [0, 0.05) is 26.2 Å². The first-order valence-electron chi connectivity index (χ1n) is 9.67. The fourth-order valence-corrected chi connectivity index (χ4v) is 3.69. The van der Waals surface area contributed by atoms with Crippen molar-refractivity contribution in [2.45, 2.75) is 6.04 Å². The minimum atomic E-state index is -1.05. The molecule has 4 rings (SSSR count). The zero-order chi connectivity index (χ0) is 21.1. The van der Waals surface area contributed by atoms with E-state index in [0.29, 0.717) is 37.9 Å². The van der Waals surface area contributed by atoms with Crippen LogP contribution in [-0.2, 0) is 14.3 Å². The Bertz CT molecular complexity index is 949. The minimum Gasteiger partial charge on any atom is -0.468 e. The molecule has 1 N–H and O–H groups in total. The normalized spacial score (nSPS) is 21.6. The van der Waals surface area contributed by atoms with Gasteiger partial charge in [-0.3, -0.25) is 19.7 Å². The molecule has 2 aromatic rings. The molecule has 1 fully saturated rings. The lowest BCUT2D eigenvalue weighted by Crippen LogP contribution is -2.58. The van der Waals surface area contributed by atoms with E-state index in [0.717, 1.165) is 5.56 Å². The van der Waals surface area contributed by atoms with E-state index in [1.807, 2.05) is 35.2 Å². The monoisotopic (exact) mass is 410 g/mol. The third-order valence-corrected chi connectivity index (χ3v) is 5.29. The Balaban J connectivity index is 1.52. The van der Waals surface area contributed by atoms with Crippen LogP contribution in [0.1, 0.15) is 22.2 Å². The molecule has 1 aromatic heterocycles. The van der Waals surface area contributed by atoms with Gasteiger partial charge in [-0.1, -0.05) is 30.3 Å². The van der Waals surface area contributed by atoms with E-state index in [4.69, 9.17) is 9.15 Å². The Hall–Kier alpha value is -3.62. The molecule has 3 heterocycles. The fraction of sp³-hybridized carbons (Fsp3) is 0.333. The Morgan fingerprint density at radius 3 is 2.47 bits per heavy atom. The van der Waals surface area contributed by atoms with Crippen molar-refractivity contribution >= 4 is 23.7 Å². The van der Waals surface area contributed by atoms with Gasteiger partial charge in [-0.25, -0.2) is 4.99 Å². The molecule has 0 radical (unpaired) electrons. The molecule has 0 bridgehead atoms. The summed E-state index contributed by atoms with van der Waals surface area (Å²) in [4.78, 5) is 45.8. The molecule has 9 nitrogen and oxygen atoms in total. The van der Waals surface area contributed by atoms with Crippen LogP contribution in [-0.4, -0.2) is 66.8 Å². The van der Waals surface area contributed by atoms with Gasteiger partial charge in [0.05, 0.1) is 13.4 Å². The van der Waals surface area contributed by atoms with Crippen LogP contribution in [0.3, 0.4) is 0 Å². The molecular weight excluding hydrogens is 388 g/mol. The number of carbonyl (C=O) groups is 3. The number of guanidine groups is 1. The van der Waals surface area contributed by atoms with Gasteiger partial charge in [-0.15, -0.1) is 0 Å². The topological polar surface area (TPSA) is 104 Å². The summed E-state index contributed by atoms with van der Waals surface area (Å²) >= 11 is 0. The van der Waals surface area contributed by atoms with Crippen molar-refractivity contribution in [1.29, 1.82) is 0 Å². The Morgan fingerprint density at radius 1 is 1.10 bits per heavy atom. The number of esters is 1. The van der Waals surface area contributed by atoms with Gasteiger partial charge in [0.25, 0.3) is 5.91 Å². The molecule has 2 aliphatic heterocycles. The van der Waals surface area contributed by atoms with Crippen molar-refractivity contribution in [2.24, 2.45) is 10.9 Å². The highest BCUT2D eigenvalue weighted by molar-refractivity contribution is 6.08. The highest BCUT2D eigenvalue weighted by Crippen LogP contribution is 2.30. The summed E-state index contributed by atoms with van der Waals surface area (Å²) in [5, 5.41) is 2.74. The molecule has 156 valence electrons. The number of methoxy groups -OCH3 is 1. The van der Waals surface area contributed by atoms with E-state index in [9.17, 15) is 14.4 Å². The second-order valence-electron chi connectivity index (χ2n) is 7.05. The molecule has 0 unspecified atom stereocenters. The van der Waals surface area contributed by atoms with Crippen molar-refractivity contribution in [2.75, 3.05) is 33.3 Å². The summed E-state index contributed by atoms with van der Waals surface area (Å²) in [6.45, 7) is 1.92. The van der Waals surface area contributed by atoms with Crippen LogP contribution in [0.15, 0.2) is 58.1 Å². The number of ether oxygens (including phenoxy) is 1. The van der Waals surface area contributed by atoms with E-state index in [1.54, 1.807) is 17.0 Å². The van der Waals surface area contributed by atoms with Crippen molar-refractivity contribution < 1.29 is 23.5 Å². The average Bonchev–Trinajstić information content (AvgIpc) is 3.33. The summed E-state index contributed by atoms with van der Waals surface area (Å²) in [6, 6.07) is 11.8. The lowest BCUT2D eigenvalue weighted by atomic mass is 9.91. The van der Waals surface area contributed by atoms with Crippen LogP contribution in [0, 0.1) is 5.92 Å². The highest BCUT2D eigenvalue weighted by Gasteiger charge is 2.42. The lowest BCUT2D eigenvalue weighted by molar-refractivity contribution is -0.151. The highest BCUT2D eigenvalue weighted by atomic mass is 16.5. The van der Waals surface area contributed by atoms with Crippen LogP contribution >= 0.6 is 0 Å². The molecule has 9 heteroatoms. The van der Waals surface area contributed by atoms with E-state index < -0.39 is 23.8 Å². The summed E-state index contributed by atoms with van der Waals surface area (Å²) in [6.07, 6.45) is 1.47. The maximum Gasteiger partial charge on any atom is 0.320 e. The number of benzene rings is 1. The quantitative estimate of drug-likeness (QED) is 0.599. The van der Waals surface area contributed by atoms with Crippen LogP contribution in [0.25, 0.3) is 0 Å². The fourth-order valence-electron chi connectivity index (χ4n) is 3.69. The molecule has 1 aromatic carbocycles. The lowest BCUT2D eigenvalue weighted by Gasteiger charge is -2.38. The van der Waals surface area contributed by atoms with Gasteiger partial charge < -0.3 is 19.0 Å². The van der Waals surface area contributed by atoms with Gasteiger partial charge >= 0.3 is 5.97 Å². The van der Waals surface area contributed by atoms with E-state index in [1.165, 1.54) is 13.4 Å². The predicted molar refractivity (Wildman–Crippen MR) is 106 cm³/mol.